The predicted octanol–water partition coefficient (Wildman–Crippen LogP) is 2.10. The summed E-state index contributed by atoms with van der Waals surface area (Å²) in [5, 5.41) is 3.55. The van der Waals surface area contributed by atoms with E-state index < -0.39 is 0 Å². The topological polar surface area (TPSA) is 79.5 Å². The summed E-state index contributed by atoms with van der Waals surface area (Å²) >= 11 is 1.83. The van der Waals surface area contributed by atoms with Gasteiger partial charge in [-0.15, -0.1) is 11.3 Å². The standard InChI is InChI=1S/C19H28N4O2S/c20-18(25)14-9-17(24)23(10-14)16-5-7-22(8-6-16)11-15-12-26-19(21-15)13-3-1-2-4-13/h12-14,16H,1-11H2,(H2,20,25). The first-order valence-corrected chi connectivity index (χ1v) is 10.7. The Balaban J connectivity index is 1.27. The normalized spacial score (nSPS) is 26.1. The lowest BCUT2D eigenvalue weighted by atomic mass is 10.0. The number of nitrogens with two attached hydrogens (primary N) is 1. The van der Waals surface area contributed by atoms with Crippen molar-refractivity contribution in [3.8, 4) is 0 Å². The van der Waals surface area contributed by atoms with Gasteiger partial charge >= 0.3 is 0 Å². The van der Waals surface area contributed by atoms with Gasteiger partial charge in [0.05, 0.1) is 16.6 Å². The minimum atomic E-state index is -0.347. The van der Waals surface area contributed by atoms with Gasteiger partial charge in [0.2, 0.25) is 11.8 Å². The Morgan fingerprint density at radius 1 is 1.23 bits per heavy atom. The first-order chi connectivity index (χ1) is 12.6. The largest absolute Gasteiger partial charge is 0.369 e. The molecule has 2 amide bonds. The molecule has 26 heavy (non-hydrogen) atoms. The van der Waals surface area contributed by atoms with Crippen molar-refractivity contribution in [2.24, 2.45) is 11.7 Å². The van der Waals surface area contributed by atoms with E-state index in [0.717, 1.165) is 32.5 Å². The molecule has 142 valence electrons. The van der Waals surface area contributed by atoms with Crippen molar-refractivity contribution in [2.45, 2.75) is 63.5 Å². The third-order valence-electron chi connectivity index (χ3n) is 6.22. The van der Waals surface area contributed by atoms with Crippen molar-refractivity contribution in [1.29, 1.82) is 0 Å². The van der Waals surface area contributed by atoms with Gasteiger partial charge in [0.25, 0.3) is 0 Å². The molecule has 0 bridgehead atoms. The molecule has 1 aliphatic carbocycles. The van der Waals surface area contributed by atoms with Gasteiger partial charge in [0.15, 0.2) is 0 Å². The highest BCUT2D eigenvalue weighted by Gasteiger charge is 2.38. The first-order valence-electron chi connectivity index (χ1n) is 9.85. The van der Waals surface area contributed by atoms with Crippen molar-refractivity contribution < 1.29 is 9.59 Å². The van der Waals surface area contributed by atoms with Gasteiger partial charge in [-0.2, -0.15) is 0 Å². The quantitative estimate of drug-likeness (QED) is 0.853. The fraction of sp³-hybridized carbons (Fsp3) is 0.737. The molecule has 0 aromatic carbocycles. The van der Waals surface area contributed by atoms with E-state index in [1.54, 1.807) is 0 Å². The molecule has 2 saturated heterocycles. The van der Waals surface area contributed by atoms with Crippen LogP contribution in [0.4, 0.5) is 0 Å². The fourth-order valence-corrected chi connectivity index (χ4v) is 5.63. The molecular weight excluding hydrogens is 348 g/mol. The van der Waals surface area contributed by atoms with Gasteiger partial charge in [-0.1, -0.05) is 12.8 Å². The van der Waals surface area contributed by atoms with Gasteiger partial charge in [0, 0.05) is 49.9 Å². The highest BCUT2D eigenvalue weighted by Crippen LogP contribution is 2.35. The lowest BCUT2D eigenvalue weighted by Crippen LogP contribution is -2.45. The van der Waals surface area contributed by atoms with Gasteiger partial charge < -0.3 is 10.6 Å². The number of piperidine rings is 1. The summed E-state index contributed by atoms with van der Waals surface area (Å²) in [5.74, 6) is 0.135. The SMILES string of the molecule is NC(=O)C1CC(=O)N(C2CCN(Cc3csc(C4CCCC4)n3)CC2)C1. The van der Waals surface area contributed by atoms with Crippen LogP contribution < -0.4 is 5.73 Å². The first kappa shape index (κ1) is 17.9. The second kappa shape index (κ2) is 7.64. The van der Waals surface area contributed by atoms with E-state index in [2.05, 4.69) is 10.3 Å². The Kier molecular flexibility index (Phi) is 5.27. The Morgan fingerprint density at radius 2 is 1.96 bits per heavy atom. The van der Waals surface area contributed by atoms with E-state index in [-0.39, 0.29) is 30.2 Å². The molecule has 2 aliphatic heterocycles. The smallest absolute Gasteiger partial charge is 0.223 e. The van der Waals surface area contributed by atoms with Gasteiger partial charge in [-0.05, 0) is 25.7 Å². The zero-order chi connectivity index (χ0) is 18.1. The van der Waals surface area contributed by atoms with E-state index in [1.165, 1.54) is 36.4 Å². The Morgan fingerprint density at radius 3 is 2.62 bits per heavy atom. The van der Waals surface area contributed by atoms with Crippen LogP contribution in [0.5, 0.6) is 0 Å². The third kappa shape index (κ3) is 3.78. The average molecular weight is 377 g/mol. The molecule has 2 N–H and O–H groups in total. The molecular formula is C19H28N4O2S. The van der Waals surface area contributed by atoms with Crippen LogP contribution in [0.15, 0.2) is 5.38 Å². The van der Waals surface area contributed by atoms with E-state index in [0.29, 0.717) is 12.5 Å². The molecule has 7 heteroatoms. The van der Waals surface area contributed by atoms with Crippen LogP contribution in [0.2, 0.25) is 0 Å². The Labute approximate surface area is 158 Å². The number of nitrogens with zero attached hydrogens (tertiary/aromatic N) is 3. The molecule has 0 spiro atoms. The number of hydrogen-bond donors (Lipinski definition) is 1. The molecule has 4 rings (SSSR count). The summed E-state index contributed by atoms with van der Waals surface area (Å²) in [5.41, 5.74) is 6.57. The molecule has 3 fully saturated rings. The van der Waals surface area contributed by atoms with Crippen LogP contribution in [-0.4, -0.2) is 52.3 Å². The lowest BCUT2D eigenvalue weighted by molar-refractivity contribution is -0.130. The molecule has 1 atom stereocenters. The number of rotatable bonds is 5. The van der Waals surface area contributed by atoms with E-state index >= 15 is 0 Å². The molecule has 0 radical (unpaired) electrons. The van der Waals surface area contributed by atoms with Crippen molar-refractivity contribution >= 4 is 23.2 Å². The molecule has 1 unspecified atom stereocenters. The lowest BCUT2D eigenvalue weighted by Gasteiger charge is -2.36. The molecule has 3 heterocycles. The number of hydrogen-bond acceptors (Lipinski definition) is 5. The van der Waals surface area contributed by atoms with Crippen molar-refractivity contribution in [1.82, 2.24) is 14.8 Å². The average Bonchev–Trinajstić information content (AvgIpc) is 3.35. The maximum atomic E-state index is 12.2. The van der Waals surface area contributed by atoms with Gasteiger partial charge in [0.1, 0.15) is 0 Å². The Bertz CT molecular complexity index is 662. The van der Waals surface area contributed by atoms with Crippen molar-refractivity contribution in [3.63, 3.8) is 0 Å². The third-order valence-corrected chi connectivity index (χ3v) is 7.27. The number of carbonyl (C=O) groups excluding carboxylic acids is 2. The molecule has 1 aromatic rings. The highest BCUT2D eigenvalue weighted by atomic mass is 32.1. The summed E-state index contributed by atoms with van der Waals surface area (Å²) in [4.78, 5) is 32.8. The summed E-state index contributed by atoms with van der Waals surface area (Å²) in [6, 6.07) is 0.257. The predicted molar refractivity (Wildman–Crippen MR) is 101 cm³/mol. The van der Waals surface area contributed by atoms with Crippen LogP contribution in [0.25, 0.3) is 0 Å². The number of thiazole rings is 1. The number of likely N-dealkylation sites (tertiary alicyclic amines) is 2. The summed E-state index contributed by atoms with van der Waals surface area (Å²) in [6.45, 7) is 3.38. The number of aromatic nitrogens is 1. The second-order valence-corrected chi connectivity index (χ2v) is 8.90. The summed E-state index contributed by atoms with van der Waals surface area (Å²) in [7, 11) is 0. The van der Waals surface area contributed by atoms with Crippen LogP contribution in [-0.2, 0) is 16.1 Å². The molecule has 6 nitrogen and oxygen atoms in total. The molecule has 1 saturated carbocycles. The zero-order valence-electron chi connectivity index (χ0n) is 15.2. The van der Waals surface area contributed by atoms with Crippen LogP contribution in [0.1, 0.15) is 61.6 Å². The van der Waals surface area contributed by atoms with E-state index in [4.69, 9.17) is 10.7 Å². The number of amides is 2. The summed E-state index contributed by atoms with van der Waals surface area (Å²) in [6.07, 6.45) is 7.52. The van der Waals surface area contributed by atoms with Crippen molar-refractivity contribution in [3.05, 3.63) is 16.1 Å². The summed E-state index contributed by atoms with van der Waals surface area (Å²) < 4.78 is 0. The minimum absolute atomic E-state index is 0.0907. The van der Waals surface area contributed by atoms with Gasteiger partial charge in [-0.3, -0.25) is 14.5 Å². The maximum absolute atomic E-state index is 12.2. The van der Waals surface area contributed by atoms with Crippen LogP contribution >= 0.6 is 11.3 Å². The van der Waals surface area contributed by atoms with Crippen LogP contribution in [0, 0.1) is 5.92 Å². The van der Waals surface area contributed by atoms with E-state index in [9.17, 15) is 9.59 Å². The number of carbonyl (C=O) groups is 2. The Hall–Kier alpha value is -1.47. The van der Waals surface area contributed by atoms with E-state index in [1.807, 2.05) is 16.2 Å². The minimum Gasteiger partial charge on any atom is -0.369 e. The molecule has 3 aliphatic rings. The highest BCUT2D eigenvalue weighted by molar-refractivity contribution is 7.09. The maximum Gasteiger partial charge on any atom is 0.223 e. The fourth-order valence-electron chi connectivity index (χ4n) is 4.65. The van der Waals surface area contributed by atoms with Crippen LogP contribution in [0.3, 0.4) is 0 Å². The second-order valence-electron chi connectivity index (χ2n) is 8.02. The monoisotopic (exact) mass is 376 g/mol. The van der Waals surface area contributed by atoms with Gasteiger partial charge in [-0.25, -0.2) is 4.98 Å². The zero-order valence-corrected chi connectivity index (χ0v) is 16.0. The van der Waals surface area contributed by atoms with Crippen molar-refractivity contribution in [2.75, 3.05) is 19.6 Å². The molecule has 1 aromatic heterocycles. The number of primary amides is 1.